The van der Waals surface area contributed by atoms with E-state index < -0.39 is 0 Å². The Morgan fingerprint density at radius 3 is 2.28 bits per heavy atom. The molecule has 0 spiro atoms. The molecule has 0 amide bonds. The van der Waals surface area contributed by atoms with E-state index in [-0.39, 0.29) is 6.61 Å². The van der Waals surface area contributed by atoms with Crippen molar-refractivity contribution in [2.45, 2.75) is 27.4 Å². The minimum absolute atomic E-state index is 0.00357. The van der Waals surface area contributed by atoms with Crippen LogP contribution in [0.25, 0.3) is 22.4 Å². The van der Waals surface area contributed by atoms with Crippen LogP contribution in [-0.4, -0.2) is 17.2 Å². The van der Waals surface area contributed by atoms with E-state index in [1.54, 1.807) is 13.3 Å². The second-order valence-electron chi connectivity index (χ2n) is 6.39. The normalized spacial score (nSPS) is 10.8. The standard InChI is InChI=1S/C22H23NO2/c1-14-9-15(2)22(16(3)10-14)20-12-18(25-4)5-6-19(20)21-11-17(13-24)7-8-23-21/h5-12,24H,13H2,1-4H3. The van der Waals surface area contributed by atoms with Crippen molar-refractivity contribution in [3.63, 3.8) is 0 Å². The number of pyridine rings is 1. The van der Waals surface area contributed by atoms with E-state index in [2.05, 4.69) is 44.0 Å². The molecule has 128 valence electrons. The summed E-state index contributed by atoms with van der Waals surface area (Å²) in [6, 6.07) is 14.2. The van der Waals surface area contributed by atoms with E-state index in [0.717, 1.165) is 28.1 Å². The molecule has 0 atom stereocenters. The largest absolute Gasteiger partial charge is 0.497 e. The van der Waals surface area contributed by atoms with Crippen molar-refractivity contribution < 1.29 is 9.84 Å². The van der Waals surface area contributed by atoms with E-state index in [9.17, 15) is 5.11 Å². The number of ether oxygens (including phenoxy) is 1. The third kappa shape index (κ3) is 3.42. The topological polar surface area (TPSA) is 42.4 Å². The summed E-state index contributed by atoms with van der Waals surface area (Å²) in [5.74, 6) is 0.816. The second kappa shape index (κ2) is 7.08. The number of hydrogen-bond donors (Lipinski definition) is 1. The number of methoxy groups -OCH3 is 1. The molecule has 3 nitrogen and oxygen atoms in total. The van der Waals surface area contributed by atoms with Crippen LogP contribution in [0.1, 0.15) is 22.3 Å². The third-order valence-electron chi connectivity index (χ3n) is 4.46. The van der Waals surface area contributed by atoms with E-state index in [4.69, 9.17) is 4.74 Å². The fourth-order valence-corrected chi connectivity index (χ4v) is 3.41. The fraction of sp³-hybridized carbons (Fsp3) is 0.227. The highest BCUT2D eigenvalue weighted by Crippen LogP contribution is 2.38. The smallest absolute Gasteiger partial charge is 0.119 e. The highest BCUT2D eigenvalue weighted by molar-refractivity contribution is 5.86. The highest BCUT2D eigenvalue weighted by atomic mass is 16.5. The van der Waals surface area contributed by atoms with Crippen LogP contribution in [0.3, 0.4) is 0 Å². The Morgan fingerprint density at radius 2 is 1.64 bits per heavy atom. The van der Waals surface area contributed by atoms with Crippen molar-refractivity contribution in [1.82, 2.24) is 4.98 Å². The van der Waals surface area contributed by atoms with Crippen LogP contribution < -0.4 is 4.74 Å². The zero-order chi connectivity index (χ0) is 18.0. The van der Waals surface area contributed by atoms with Crippen LogP contribution in [0.2, 0.25) is 0 Å². The fourth-order valence-electron chi connectivity index (χ4n) is 3.41. The lowest BCUT2D eigenvalue weighted by atomic mass is 9.89. The van der Waals surface area contributed by atoms with Gasteiger partial charge in [0.2, 0.25) is 0 Å². The Kier molecular flexibility index (Phi) is 4.86. The molecule has 0 aliphatic heterocycles. The summed E-state index contributed by atoms with van der Waals surface area (Å²) in [7, 11) is 1.68. The van der Waals surface area contributed by atoms with Crippen LogP contribution in [0.4, 0.5) is 0 Å². The molecule has 0 aliphatic rings. The first-order valence-electron chi connectivity index (χ1n) is 8.36. The predicted octanol–water partition coefficient (Wildman–Crippen LogP) is 4.84. The molecule has 0 bridgehead atoms. The van der Waals surface area contributed by atoms with Gasteiger partial charge < -0.3 is 9.84 Å². The minimum atomic E-state index is 0.00357. The Labute approximate surface area is 148 Å². The minimum Gasteiger partial charge on any atom is -0.497 e. The lowest BCUT2D eigenvalue weighted by molar-refractivity contribution is 0.282. The lowest BCUT2D eigenvalue weighted by Crippen LogP contribution is -1.96. The molecule has 1 aromatic heterocycles. The van der Waals surface area contributed by atoms with Crippen molar-refractivity contribution >= 4 is 0 Å². The number of aliphatic hydroxyl groups excluding tert-OH is 1. The summed E-state index contributed by atoms with van der Waals surface area (Å²) < 4.78 is 5.46. The molecule has 1 heterocycles. The molecule has 0 radical (unpaired) electrons. The first kappa shape index (κ1) is 17.2. The summed E-state index contributed by atoms with van der Waals surface area (Å²) >= 11 is 0. The summed E-state index contributed by atoms with van der Waals surface area (Å²) in [5, 5.41) is 9.45. The molecule has 3 rings (SSSR count). The van der Waals surface area contributed by atoms with Gasteiger partial charge in [-0.3, -0.25) is 4.98 Å². The molecule has 3 aromatic rings. The average Bonchev–Trinajstić information content (AvgIpc) is 2.60. The van der Waals surface area contributed by atoms with Crippen LogP contribution in [0.15, 0.2) is 48.7 Å². The van der Waals surface area contributed by atoms with E-state index in [1.165, 1.54) is 22.3 Å². The molecule has 0 saturated heterocycles. The maximum absolute atomic E-state index is 9.45. The number of benzene rings is 2. The number of aryl methyl sites for hydroxylation is 3. The highest BCUT2D eigenvalue weighted by Gasteiger charge is 2.15. The summed E-state index contributed by atoms with van der Waals surface area (Å²) in [6.45, 7) is 6.39. The Balaban J connectivity index is 2.28. The van der Waals surface area contributed by atoms with Gasteiger partial charge in [-0.2, -0.15) is 0 Å². The van der Waals surface area contributed by atoms with Gasteiger partial charge in [0.25, 0.3) is 0 Å². The molecule has 0 aliphatic carbocycles. The first-order valence-corrected chi connectivity index (χ1v) is 8.36. The Morgan fingerprint density at radius 1 is 0.920 bits per heavy atom. The van der Waals surface area contributed by atoms with Gasteiger partial charge in [-0.25, -0.2) is 0 Å². The number of nitrogens with zero attached hydrogens (tertiary/aromatic N) is 1. The zero-order valence-electron chi connectivity index (χ0n) is 15.1. The SMILES string of the molecule is COc1ccc(-c2cc(CO)ccn2)c(-c2c(C)cc(C)cc2C)c1. The van der Waals surface area contributed by atoms with Gasteiger partial charge in [-0.1, -0.05) is 17.7 Å². The molecule has 25 heavy (non-hydrogen) atoms. The van der Waals surface area contributed by atoms with E-state index >= 15 is 0 Å². The van der Waals surface area contributed by atoms with Gasteiger partial charge in [0.05, 0.1) is 19.4 Å². The second-order valence-corrected chi connectivity index (χ2v) is 6.39. The quantitative estimate of drug-likeness (QED) is 0.743. The van der Waals surface area contributed by atoms with Crippen LogP contribution >= 0.6 is 0 Å². The van der Waals surface area contributed by atoms with Crippen molar-refractivity contribution in [1.29, 1.82) is 0 Å². The molecule has 2 aromatic carbocycles. The van der Waals surface area contributed by atoms with Gasteiger partial charge in [0, 0.05) is 11.8 Å². The van der Waals surface area contributed by atoms with Crippen molar-refractivity contribution in [2.75, 3.05) is 7.11 Å². The van der Waals surface area contributed by atoms with Crippen LogP contribution in [0.5, 0.6) is 5.75 Å². The number of rotatable bonds is 4. The Hall–Kier alpha value is -2.65. The molecule has 3 heteroatoms. The lowest BCUT2D eigenvalue weighted by Gasteiger charge is -2.17. The molecule has 0 unspecified atom stereocenters. The van der Waals surface area contributed by atoms with Gasteiger partial charge in [-0.15, -0.1) is 0 Å². The van der Waals surface area contributed by atoms with E-state index in [0.29, 0.717) is 0 Å². The monoisotopic (exact) mass is 333 g/mol. The average molecular weight is 333 g/mol. The van der Waals surface area contributed by atoms with Crippen LogP contribution in [0, 0.1) is 20.8 Å². The van der Waals surface area contributed by atoms with Crippen molar-refractivity contribution in [2.24, 2.45) is 0 Å². The predicted molar refractivity (Wildman–Crippen MR) is 102 cm³/mol. The maximum atomic E-state index is 9.45. The van der Waals surface area contributed by atoms with Gasteiger partial charge in [-0.05, 0) is 78.9 Å². The van der Waals surface area contributed by atoms with Crippen molar-refractivity contribution in [3.05, 3.63) is 70.9 Å². The van der Waals surface area contributed by atoms with Crippen molar-refractivity contribution in [3.8, 4) is 28.1 Å². The number of aromatic nitrogens is 1. The summed E-state index contributed by atoms with van der Waals surface area (Å²) in [5.41, 5.74) is 8.74. The third-order valence-corrected chi connectivity index (χ3v) is 4.46. The number of aliphatic hydroxyl groups is 1. The van der Waals surface area contributed by atoms with E-state index in [1.807, 2.05) is 24.3 Å². The molecule has 1 N–H and O–H groups in total. The van der Waals surface area contributed by atoms with Gasteiger partial charge in [0.15, 0.2) is 0 Å². The van der Waals surface area contributed by atoms with Crippen LogP contribution in [-0.2, 0) is 6.61 Å². The summed E-state index contributed by atoms with van der Waals surface area (Å²) in [4.78, 5) is 4.52. The number of hydrogen-bond acceptors (Lipinski definition) is 3. The maximum Gasteiger partial charge on any atom is 0.119 e. The Bertz CT molecular complexity index is 893. The molecule has 0 fully saturated rings. The zero-order valence-corrected chi connectivity index (χ0v) is 15.1. The molecule has 0 saturated carbocycles. The molecular weight excluding hydrogens is 310 g/mol. The summed E-state index contributed by atoms with van der Waals surface area (Å²) in [6.07, 6.45) is 1.74. The molecular formula is C22H23NO2. The van der Waals surface area contributed by atoms with Gasteiger partial charge in [0.1, 0.15) is 5.75 Å². The first-order chi connectivity index (χ1) is 12.0. The van der Waals surface area contributed by atoms with Gasteiger partial charge >= 0.3 is 0 Å².